The van der Waals surface area contributed by atoms with Gasteiger partial charge in [-0.15, -0.1) is 0 Å². The molecule has 36 heavy (non-hydrogen) atoms. The third-order valence-corrected chi connectivity index (χ3v) is 5.84. The lowest BCUT2D eigenvalue weighted by atomic mass is 9.94. The fourth-order valence-electron chi connectivity index (χ4n) is 4.13. The number of aliphatic imine (C=N–C) groups is 1. The summed E-state index contributed by atoms with van der Waals surface area (Å²) in [5.41, 5.74) is 0.245. The fraction of sp³-hybridized carbons (Fsp3) is 0.208. The zero-order chi connectivity index (χ0) is 25.6. The minimum Gasteiger partial charge on any atom is -0.357 e. The van der Waals surface area contributed by atoms with Gasteiger partial charge in [-0.25, -0.2) is 9.37 Å². The highest BCUT2D eigenvalue weighted by Crippen LogP contribution is 2.38. The van der Waals surface area contributed by atoms with Crippen LogP contribution in [-0.2, 0) is 6.18 Å². The number of hydrogen-bond donors (Lipinski definition) is 2. The van der Waals surface area contributed by atoms with Gasteiger partial charge in [-0.05, 0) is 36.8 Å². The van der Waals surface area contributed by atoms with E-state index in [0.717, 1.165) is 12.3 Å². The van der Waals surface area contributed by atoms with Crippen LogP contribution in [0.1, 0.15) is 32.7 Å². The third kappa shape index (κ3) is 4.04. The number of nitrogens with one attached hydrogen (secondary N) is 2. The number of fused-ring (bicyclic) bond motifs is 3. The van der Waals surface area contributed by atoms with Crippen LogP contribution in [0.3, 0.4) is 0 Å². The van der Waals surface area contributed by atoms with Crippen molar-refractivity contribution in [3.05, 3.63) is 70.4 Å². The topological polar surface area (TPSA) is 95.4 Å². The molecule has 1 amide bonds. The van der Waals surface area contributed by atoms with E-state index in [2.05, 4.69) is 30.6 Å². The normalized spacial score (nSPS) is 14.6. The van der Waals surface area contributed by atoms with Gasteiger partial charge in [0.2, 0.25) is 5.95 Å². The van der Waals surface area contributed by atoms with Crippen molar-refractivity contribution in [3.63, 3.8) is 0 Å². The van der Waals surface area contributed by atoms with Crippen LogP contribution in [0.5, 0.6) is 0 Å². The first kappa shape index (κ1) is 23.4. The summed E-state index contributed by atoms with van der Waals surface area (Å²) in [6.45, 7) is 2.76. The Balaban J connectivity index is 1.54. The van der Waals surface area contributed by atoms with Crippen LogP contribution in [-0.4, -0.2) is 46.8 Å². The molecule has 2 aliphatic heterocycles. The van der Waals surface area contributed by atoms with E-state index in [-0.39, 0.29) is 11.3 Å². The summed E-state index contributed by atoms with van der Waals surface area (Å²) in [4.78, 5) is 31.5. The van der Waals surface area contributed by atoms with Crippen molar-refractivity contribution in [1.29, 1.82) is 0 Å². The maximum atomic E-state index is 15.8. The number of carbonyl (C=O) groups is 1. The molecule has 0 radical (unpaired) electrons. The summed E-state index contributed by atoms with van der Waals surface area (Å²) in [5.74, 6) is -0.0918. The Morgan fingerprint density at radius 1 is 1.17 bits per heavy atom. The third-order valence-electron chi connectivity index (χ3n) is 5.84. The van der Waals surface area contributed by atoms with Gasteiger partial charge in [-0.2, -0.15) is 18.2 Å². The van der Waals surface area contributed by atoms with Crippen molar-refractivity contribution in [1.82, 2.24) is 15.0 Å². The first-order chi connectivity index (χ1) is 17.2. The SMILES string of the molecule is CNc1ncc2c(n1)N1CCN=C1C(c1c(C)ccc(NC(=O)c3cc(C(F)(F)F)ccn3)c1F)=C2. The lowest BCUT2D eigenvalue weighted by molar-refractivity contribution is -0.137. The molecule has 0 bridgehead atoms. The molecular weight excluding hydrogens is 478 g/mol. The summed E-state index contributed by atoms with van der Waals surface area (Å²) in [5, 5.41) is 5.24. The van der Waals surface area contributed by atoms with Gasteiger partial charge >= 0.3 is 6.18 Å². The van der Waals surface area contributed by atoms with Crippen molar-refractivity contribution in [3.8, 4) is 0 Å². The smallest absolute Gasteiger partial charge is 0.357 e. The van der Waals surface area contributed by atoms with Crippen molar-refractivity contribution < 1.29 is 22.4 Å². The monoisotopic (exact) mass is 497 g/mol. The molecule has 12 heteroatoms. The first-order valence-corrected chi connectivity index (χ1v) is 10.9. The molecule has 8 nitrogen and oxygen atoms in total. The average molecular weight is 497 g/mol. The molecule has 1 aromatic carbocycles. The number of aromatic nitrogens is 3. The molecule has 0 atom stereocenters. The Bertz CT molecular complexity index is 1450. The maximum absolute atomic E-state index is 15.8. The van der Waals surface area contributed by atoms with E-state index in [0.29, 0.717) is 53.5 Å². The zero-order valence-electron chi connectivity index (χ0n) is 19.1. The number of nitrogens with zero attached hydrogens (tertiary/aromatic N) is 5. The summed E-state index contributed by atoms with van der Waals surface area (Å²) in [7, 11) is 1.71. The van der Waals surface area contributed by atoms with Crippen molar-refractivity contribution >= 4 is 40.8 Å². The molecule has 2 aliphatic rings. The number of aryl methyl sites for hydroxylation is 1. The number of benzene rings is 1. The molecule has 0 saturated carbocycles. The second-order valence-corrected chi connectivity index (χ2v) is 8.14. The highest BCUT2D eigenvalue weighted by Gasteiger charge is 2.33. The second-order valence-electron chi connectivity index (χ2n) is 8.14. The van der Waals surface area contributed by atoms with Crippen LogP contribution in [0, 0.1) is 12.7 Å². The first-order valence-electron chi connectivity index (χ1n) is 10.9. The van der Waals surface area contributed by atoms with E-state index in [1.165, 1.54) is 6.07 Å². The number of rotatable bonds is 4. The number of halogens is 4. The zero-order valence-corrected chi connectivity index (χ0v) is 19.1. The van der Waals surface area contributed by atoms with Gasteiger partial charge in [0.25, 0.3) is 5.91 Å². The maximum Gasteiger partial charge on any atom is 0.416 e. The molecule has 0 aliphatic carbocycles. The highest BCUT2D eigenvalue weighted by atomic mass is 19.4. The van der Waals surface area contributed by atoms with Gasteiger partial charge in [0, 0.05) is 42.7 Å². The van der Waals surface area contributed by atoms with Crippen molar-refractivity contribution in [2.75, 3.05) is 35.7 Å². The molecule has 2 N–H and O–H groups in total. The molecule has 0 spiro atoms. The number of carbonyl (C=O) groups excluding carboxylic acids is 1. The van der Waals surface area contributed by atoms with Gasteiger partial charge in [0.1, 0.15) is 17.3 Å². The number of pyridine rings is 1. The van der Waals surface area contributed by atoms with Crippen LogP contribution < -0.4 is 15.5 Å². The number of amidine groups is 1. The molecule has 4 heterocycles. The number of alkyl halides is 3. The van der Waals surface area contributed by atoms with Crippen molar-refractivity contribution in [2.45, 2.75) is 13.1 Å². The molecule has 0 unspecified atom stereocenters. The minimum atomic E-state index is -4.64. The van der Waals surface area contributed by atoms with E-state index in [9.17, 15) is 18.0 Å². The number of anilines is 3. The van der Waals surface area contributed by atoms with Gasteiger partial charge in [-0.1, -0.05) is 6.07 Å². The van der Waals surface area contributed by atoms with Crippen LogP contribution in [0.4, 0.5) is 35.0 Å². The van der Waals surface area contributed by atoms with E-state index < -0.39 is 29.2 Å². The predicted molar refractivity (Wildman–Crippen MR) is 127 cm³/mol. The highest BCUT2D eigenvalue weighted by molar-refractivity contribution is 6.36. The molecule has 0 saturated heterocycles. The lowest BCUT2D eigenvalue weighted by Crippen LogP contribution is -2.33. The Labute approximate surface area is 202 Å². The second kappa shape index (κ2) is 8.70. The van der Waals surface area contributed by atoms with E-state index in [1.54, 1.807) is 32.3 Å². The molecular formula is C24H19F4N7O. The van der Waals surface area contributed by atoms with Crippen LogP contribution in [0.15, 0.2) is 41.7 Å². The van der Waals surface area contributed by atoms with E-state index >= 15 is 4.39 Å². The summed E-state index contributed by atoms with van der Waals surface area (Å²) >= 11 is 0. The standard InChI is InChI=1S/C24H19F4N7O/c1-12-3-4-16(33-22(36)17-10-14(5-6-30-17)24(26,27)28)19(25)18(12)15-9-13-11-32-23(29-2)34-20(13)35-8-7-31-21(15)35/h3-6,9-11H,7-8H2,1-2H3,(H,33,36)(H,29,32,34). The fourth-order valence-corrected chi connectivity index (χ4v) is 4.13. The van der Waals surface area contributed by atoms with Crippen molar-refractivity contribution in [2.24, 2.45) is 4.99 Å². The molecule has 3 aromatic rings. The van der Waals surface area contributed by atoms with Gasteiger partial charge in [-0.3, -0.25) is 14.8 Å². The Morgan fingerprint density at radius 3 is 2.72 bits per heavy atom. The van der Waals surface area contributed by atoms with Gasteiger partial charge in [0.05, 0.1) is 17.8 Å². The quantitative estimate of drug-likeness (QED) is 0.519. The molecule has 0 fully saturated rings. The summed E-state index contributed by atoms with van der Waals surface area (Å²) in [6.07, 6.45) is -0.398. The number of amides is 1. The van der Waals surface area contributed by atoms with Gasteiger partial charge < -0.3 is 15.5 Å². The minimum absolute atomic E-state index is 0.196. The number of hydrogen-bond acceptors (Lipinski definition) is 7. The molecule has 5 rings (SSSR count). The van der Waals surface area contributed by atoms with Crippen LogP contribution in [0.2, 0.25) is 0 Å². The Kier molecular flexibility index (Phi) is 5.65. The Morgan fingerprint density at radius 2 is 1.97 bits per heavy atom. The lowest BCUT2D eigenvalue weighted by Gasteiger charge is -2.28. The summed E-state index contributed by atoms with van der Waals surface area (Å²) < 4.78 is 54.9. The molecule has 2 aromatic heterocycles. The van der Waals surface area contributed by atoms with Crippen LogP contribution >= 0.6 is 0 Å². The largest absolute Gasteiger partial charge is 0.416 e. The van der Waals surface area contributed by atoms with E-state index in [1.807, 2.05) is 4.90 Å². The summed E-state index contributed by atoms with van der Waals surface area (Å²) in [6, 6.07) is 4.34. The van der Waals surface area contributed by atoms with E-state index in [4.69, 9.17) is 0 Å². The molecule has 184 valence electrons. The predicted octanol–water partition coefficient (Wildman–Crippen LogP) is 4.40. The van der Waals surface area contributed by atoms with Gasteiger partial charge in [0.15, 0.2) is 5.82 Å². The Hall–Kier alpha value is -4.35. The average Bonchev–Trinajstić information content (AvgIpc) is 3.36. The van der Waals surface area contributed by atoms with Crippen LogP contribution in [0.25, 0.3) is 11.6 Å².